The Hall–Kier alpha value is -2.77. The van der Waals surface area contributed by atoms with E-state index in [1.165, 1.54) is 6.07 Å². The van der Waals surface area contributed by atoms with Crippen molar-refractivity contribution in [2.75, 3.05) is 23.3 Å². The second-order valence-corrected chi connectivity index (χ2v) is 7.73. The van der Waals surface area contributed by atoms with Gasteiger partial charge in [-0.1, -0.05) is 18.2 Å². The summed E-state index contributed by atoms with van der Waals surface area (Å²) in [5, 5.41) is 3.12. The predicted octanol–water partition coefficient (Wildman–Crippen LogP) is 5.10. The Morgan fingerprint density at radius 1 is 1.14 bits per heavy atom. The highest BCUT2D eigenvalue weighted by Gasteiger charge is 2.47. The van der Waals surface area contributed by atoms with Crippen molar-refractivity contribution in [1.82, 2.24) is 4.98 Å². The third-order valence-electron chi connectivity index (χ3n) is 5.72. The van der Waals surface area contributed by atoms with Gasteiger partial charge in [0, 0.05) is 18.4 Å². The molecule has 2 aliphatic rings. The van der Waals surface area contributed by atoms with Crippen LogP contribution in [0.5, 0.6) is 0 Å². The molecule has 1 saturated heterocycles. The summed E-state index contributed by atoms with van der Waals surface area (Å²) in [6.07, 6.45) is -0.539. The van der Waals surface area contributed by atoms with Crippen molar-refractivity contribution < 1.29 is 22.7 Å². The quantitative estimate of drug-likeness (QED) is 0.769. The number of hydrogen-bond donors (Lipinski definition) is 1. The molecule has 4 rings (SSSR count). The van der Waals surface area contributed by atoms with Crippen molar-refractivity contribution in [2.45, 2.75) is 37.5 Å². The van der Waals surface area contributed by atoms with Gasteiger partial charge in [0.05, 0.1) is 12.1 Å². The van der Waals surface area contributed by atoms with Crippen molar-refractivity contribution in [3.63, 3.8) is 0 Å². The second-order valence-electron chi connectivity index (χ2n) is 7.73. The lowest BCUT2D eigenvalue weighted by Crippen LogP contribution is -2.39. The monoisotopic (exact) mass is 405 g/mol. The van der Waals surface area contributed by atoms with Gasteiger partial charge in [0.15, 0.2) is 0 Å². The number of benzene rings is 1. The molecule has 0 radical (unpaired) electrons. The third-order valence-corrected chi connectivity index (χ3v) is 5.72. The number of anilines is 2. The van der Waals surface area contributed by atoms with Crippen LogP contribution < -0.4 is 10.2 Å². The largest absolute Gasteiger partial charge is 0.441 e. The Kier molecular flexibility index (Phi) is 5.10. The molecule has 1 saturated carbocycles. The van der Waals surface area contributed by atoms with Gasteiger partial charge < -0.3 is 10.1 Å². The normalized spacial score (nSPS) is 24.6. The molecule has 1 N–H and O–H groups in total. The summed E-state index contributed by atoms with van der Waals surface area (Å²) in [5.74, 6) is 0.787. The number of hydrogen-bond acceptors (Lipinski definition) is 4. The molecule has 0 atom stereocenters. The molecule has 2 fully saturated rings. The Balaban J connectivity index is 1.29. The first-order valence-corrected chi connectivity index (χ1v) is 9.67. The number of halogens is 3. The van der Waals surface area contributed by atoms with E-state index in [4.69, 9.17) is 4.74 Å². The first kappa shape index (κ1) is 19.5. The average Bonchev–Trinajstić information content (AvgIpc) is 3.04. The number of carbonyl (C=O) groups excluding carboxylic acids is 1. The van der Waals surface area contributed by atoms with Gasteiger partial charge in [0.25, 0.3) is 0 Å². The van der Waals surface area contributed by atoms with Crippen LogP contribution in [0.15, 0.2) is 48.7 Å². The van der Waals surface area contributed by atoms with Crippen LogP contribution in [0.1, 0.15) is 31.2 Å². The van der Waals surface area contributed by atoms with Crippen LogP contribution in [0.25, 0.3) is 0 Å². The molecule has 1 spiro atoms. The predicted molar refractivity (Wildman–Crippen MR) is 103 cm³/mol. The number of alkyl halides is 3. The van der Waals surface area contributed by atoms with Gasteiger partial charge in [0.1, 0.15) is 11.4 Å². The van der Waals surface area contributed by atoms with Gasteiger partial charge in [-0.2, -0.15) is 13.2 Å². The molecule has 1 aromatic heterocycles. The van der Waals surface area contributed by atoms with Crippen molar-refractivity contribution in [2.24, 2.45) is 5.92 Å². The van der Waals surface area contributed by atoms with E-state index in [0.29, 0.717) is 24.8 Å². The van der Waals surface area contributed by atoms with E-state index in [2.05, 4.69) is 10.3 Å². The lowest BCUT2D eigenvalue weighted by Gasteiger charge is -2.35. The summed E-state index contributed by atoms with van der Waals surface area (Å²) >= 11 is 0. The topological polar surface area (TPSA) is 54.5 Å². The highest BCUT2D eigenvalue weighted by molar-refractivity contribution is 5.90. The molecule has 154 valence electrons. The maximum atomic E-state index is 12.6. The van der Waals surface area contributed by atoms with Gasteiger partial charge in [0.2, 0.25) is 0 Å². The molecular weight excluding hydrogens is 383 g/mol. The average molecular weight is 405 g/mol. The number of nitrogens with one attached hydrogen (secondary N) is 1. The number of ether oxygens (including phenoxy) is 1. The number of carbonyl (C=O) groups is 1. The summed E-state index contributed by atoms with van der Waals surface area (Å²) in [4.78, 5) is 17.9. The van der Waals surface area contributed by atoms with Gasteiger partial charge in [-0.3, -0.25) is 4.90 Å². The highest BCUT2D eigenvalue weighted by Crippen LogP contribution is 2.40. The molecule has 1 aromatic carbocycles. The van der Waals surface area contributed by atoms with Crippen LogP contribution in [-0.4, -0.2) is 29.8 Å². The molecule has 1 aliphatic heterocycles. The van der Waals surface area contributed by atoms with Crippen molar-refractivity contribution in [1.29, 1.82) is 0 Å². The molecule has 8 heteroatoms. The molecular formula is C21H22F3N3O2. The summed E-state index contributed by atoms with van der Waals surface area (Å²) in [6, 6.07) is 11.9. The Morgan fingerprint density at radius 2 is 1.86 bits per heavy atom. The van der Waals surface area contributed by atoms with Crippen LogP contribution in [-0.2, 0) is 10.9 Å². The van der Waals surface area contributed by atoms with Crippen LogP contribution in [0.3, 0.4) is 0 Å². The SMILES string of the molecule is O=C1OC2(CCC(CNc3ccc(C(F)(F)F)cn3)CC2)CN1c1ccccc1. The summed E-state index contributed by atoms with van der Waals surface area (Å²) in [6.45, 7) is 1.18. The Morgan fingerprint density at radius 3 is 2.48 bits per heavy atom. The Labute approximate surface area is 166 Å². The zero-order valence-electron chi connectivity index (χ0n) is 15.8. The fourth-order valence-corrected chi connectivity index (χ4v) is 4.01. The van der Waals surface area contributed by atoms with E-state index in [0.717, 1.165) is 43.6 Å². The Bertz CT molecular complexity index is 848. The third kappa shape index (κ3) is 4.31. The van der Waals surface area contributed by atoms with E-state index >= 15 is 0 Å². The van der Waals surface area contributed by atoms with Crippen molar-refractivity contribution >= 4 is 17.6 Å². The van der Waals surface area contributed by atoms with Gasteiger partial charge in [-0.25, -0.2) is 9.78 Å². The first-order chi connectivity index (χ1) is 13.8. The minimum absolute atomic E-state index is 0.304. The molecule has 0 bridgehead atoms. The lowest BCUT2D eigenvalue weighted by molar-refractivity contribution is -0.137. The van der Waals surface area contributed by atoms with Crippen molar-refractivity contribution in [3.05, 3.63) is 54.2 Å². The molecule has 5 nitrogen and oxygen atoms in total. The van der Waals surface area contributed by atoms with Gasteiger partial charge in [-0.05, 0) is 55.9 Å². The van der Waals surface area contributed by atoms with Gasteiger partial charge in [-0.15, -0.1) is 0 Å². The first-order valence-electron chi connectivity index (χ1n) is 9.67. The molecule has 1 amide bonds. The number of nitrogens with zero attached hydrogens (tertiary/aromatic N) is 2. The van der Waals surface area contributed by atoms with E-state index in [1.807, 2.05) is 30.3 Å². The van der Waals surface area contributed by atoms with Crippen LogP contribution >= 0.6 is 0 Å². The minimum Gasteiger partial charge on any atom is -0.441 e. The smallest absolute Gasteiger partial charge is 0.417 e. The van der Waals surface area contributed by atoms with Crippen LogP contribution in [0.4, 0.5) is 29.5 Å². The van der Waals surface area contributed by atoms with E-state index < -0.39 is 17.3 Å². The fourth-order valence-electron chi connectivity index (χ4n) is 4.01. The zero-order valence-corrected chi connectivity index (χ0v) is 15.8. The second kappa shape index (κ2) is 7.57. The standard InChI is InChI=1S/C21H22F3N3O2/c22-21(23,24)16-6-7-18(26-13-16)25-12-15-8-10-20(11-9-15)14-27(19(28)29-20)17-4-2-1-3-5-17/h1-7,13,15H,8-12,14H2,(H,25,26). The molecule has 0 unspecified atom stereocenters. The summed E-state index contributed by atoms with van der Waals surface area (Å²) in [7, 11) is 0. The highest BCUT2D eigenvalue weighted by atomic mass is 19.4. The summed E-state index contributed by atoms with van der Waals surface area (Å²) in [5.41, 5.74) is -0.365. The number of pyridine rings is 1. The van der Waals surface area contributed by atoms with Crippen LogP contribution in [0, 0.1) is 5.92 Å². The fraction of sp³-hybridized carbons (Fsp3) is 0.429. The molecule has 2 heterocycles. The van der Waals surface area contributed by atoms with Crippen molar-refractivity contribution in [3.8, 4) is 0 Å². The molecule has 2 aromatic rings. The minimum atomic E-state index is -4.38. The number of amides is 1. The number of rotatable bonds is 4. The maximum absolute atomic E-state index is 12.6. The number of aromatic nitrogens is 1. The molecule has 29 heavy (non-hydrogen) atoms. The molecule has 1 aliphatic carbocycles. The number of para-hydroxylation sites is 1. The lowest BCUT2D eigenvalue weighted by atomic mass is 9.78. The van der Waals surface area contributed by atoms with Gasteiger partial charge >= 0.3 is 12.3 Å². The zero-order chi connectivity index (χ0) is 20.5. The van der Waals surface area contributed by atoms with E-state index in [1.54, 1.807) is 4.90 Å². The maximum Gasteiger partial charge on any atom is 0.417 e. The van der Waals surface area contributed by atoms with Crippen LogP contribution in [0.2, 0.25) is 0 Å². The van der Waals surface area contributed by atoms with E-state index in [-0.39, 0.29) is 6.09 Å². The summed E-state index contributed by atoms with van der Waals surface area (Å²) < 4.78 is 43.6. The van der Waals surface area contributed by atoms with E-state index in [9.17, 15) is 18.0 Å².